The van der Waals surface area contributed by atoms with Gasteiger partial charge in [-0.2, -0.15) is 0 Å². The Morgan fingerprint density at radius 3 is 2.53 bits per heavy atom. The molecule has 2 heterocycles. The number of carbonyl (C=O) groups excluding carboxylic acids is 2. The molecular weight excluding hydrogens is 450 g/mol. The predicted octanol–water partition coefficient (Wildman–Crippen LogP) is 4.35. The van der Waals surface area contributed by atoms with Crippen LogP contribution in [0.2, 0.25) is 0 Å². The molecule has 2 aromatic carbocycles. The van der Waals surface area contributed by atoms with E-state index >= 15 is 0 Å². The van der Waals surface area contributed by atoms with Crippen molar-refractivity contribution in [2.45, 2.75) is 25.5 Å². The highest BCUT2D eigenvalue weighted by molar-refractivity contribution is 7.99. The number of thioether (sulfide) groups is 1. The number of aryl methyl sites for hydroxylation is 2. The Labute approximate surface area is 201 Å². The number of amides is 2. The second-order valence-corrected chi connectivity index (χ2v) is 8.75. The largest absolute Gasteiger partial charge is 0.469 e. The van der Waals surface area contributed by atoms with Crippen LogP contribution in [0.3, 0.4) is 0 Å². The smallest absolute Gasteiger partial charge is 0.253 e. The summed E-state index contributed by atoms with van der Waals surface area (Å²) in [5.74, 6) is 1.05. The van der Waals surface area contributed by atoms with Gasteiger partial charge in [-0.15, -0.1) is 10.2 Å². The molecular formula is C25H25N5O3S. The third-order valence-electron chi connectivity index (χ3n) is 5.29. The van der Waals surface area contributed by atoms with Gasteiger partial charge in [0.15, 0.2) is 11.0 Å². The van der Waals surface area contributed by atoms with Gasteiger partial charge in [-0.1, -0.05) is 53.7 Å². The molecule has 0 aliphatic heterocycles. The molecule has 0 saturated carbocycles. The van der Waals surface area contributed by atoms with Crippen molar-refractivity contribution in [1.82, 2.24) is 20.1 Å². The first-order chi connectivity index (χ1) is 16.4. The van der Waals surface area contributed by atoms with Gasteiger partial charge in [0, 0.05) is 13.6 Å². The van der Waals surface area contributed by atoms with E-state index in [4.69, 9.17) is 4.42 Å². The van der Waals surface area contributed by atoms with Gasteiger partial charge in [0.25, 0.3) is 5.91 Å². The average molecular weight is 476 g/mol. The van der Waals surface area contributed by atoms with Crippen LogP contribution in [0.25, 0.3) is 11.4 Å². The first kappa shape index (κ1) is 23.3. The zero-order valence-electron chi connectivity index (χ0n) is 19.2. The van der Waals surface area contributed by atoms with Crippen molar-refractivity contribution >= 4 is 29.3 Å². The fourth-order valence-corrected chi connectivity index (χ4v) is 4.09. The van der Waals surface area contributed by atoms with E-state index in [9.17, 15) is 9.59 Å². The third kappa shape index (κ3) is 5.37. The van der Waals surface area contributed by atoms with E-state index in [2.05, 4.69) is 20.8 Å². The molecule has 4 rings (SSSR count). The Balaban J connectivity index is 1.36. The first-order valence-corrected chi connectivity index (χ1v) is 11.7. The summed E-state index contributed by atoms with van der Waals surface area (Å²) < 4.78 is 7.16. The van der Waals surface area contributed by atoms with Crippen molar-refractivity contribution in [2.24, 2.45) is 7.05 Å². The normalized spacial score (nSPS) is 10.8. The number of furan rings is 1. The first-order valence-electron chi connectivity index (χ1n) is 10.7. The number of anilines is 1. The lowest BCUT2D eigenvalue weighted by Gasteiger charge is -2.11. The Morgan fingerprint density at radius 2 is 1.79 bits per heavy atom. The van der Waals surface area contributed by atoms with Crippen molar-refractivity contribution in [3.63, 3.8) is 0 Å². The molecule has 2 aromatic heterocycles. The number of hydrogen-bond acceptors (Lipinski definition) is 6. The van der Waals surface area contributed by atoms with E-state index < -0.39 is 0 Å². The second-order valence-electron chi connectivity index (χ2n) is 7.81. The maximum absolute atomic E-state index is 12.8. The highest BCUT2D eigenvalue weighted by Gasteiger charge is 2.17. The molecule has 34 heavy (non-hydrogen) atoms. The number of para-hydroxylation sites is 1. The van der Waals surface area contributed by atoms with E-state index in [1.165, 1.54) is 11.8 Å². The van der Waals surface area contributed by atoms with Gasteiger partial charge < -0.3 is 19.6 Å². The minimum Gasteiger partial charge on any atom is -0.469 e. The summed E-state index contributed by atoms with van der Waals surface area (Å²) >= 11 is 1.27. The monoisotopic (exact) mass is 475 g/mol. The molecule has 0 bridgehead atoms. The van der Waals surface area contributed by atoms with Crippen molar-refractivity contribution in [2.75, 3.05) is 11.1 Å². The molecule has 9 heteroatoms. The highest BCUT2D eigenvalue weighted by Crippen LogP contribution is 2.26. The number of hydrogen-bond donors (Lipinski definition) is 2. The van der Waals surface area contributed by atoms with Crippen molar-refractivity contribution < 1.29 is 14.0 Å². The van der Waals surface area contributed by atoms with Crippen LogP contribution in [0.15, 0.2) is 70.4 Å². The van der Waals surface area contributed by atoms with E-state index in [0.717, 1.165) is 22.5 Å². The maximum Gasteiger partial charge on any atom is 0.253 e. The van der Waals surface area contributed by atoms with Gasteiger partial charge in [-0.25, -0.2) is 0 Å². The zero-order chi connectivity index (χ0) is 24.1. The van der Waals surface area contributed by atoms with Gasteiger partial charge in [0.2, 0.25) is 5.91 Å². The number of nitrogens with one attached hydrogen (secondary N) is 2. The van der Waals surface area contributed by atoms with Crippen LogP contribution in [0.4, 0.5) is 5.69 Å². The van der Waals surface area contributed by atoms with E-state index in [1.54, 1.807) is 30.5 Å². The van der Waals surface area contributed by atoms with Gasteiger partial charge >= 0.3 is 0 Å². The summed E-state index contributed by atoms with van der Waals surface area (Å²) in [6, 6.07) is 16.8. The Hall–Kier alpha value is -3.85. The minimum absolute atomic E-state index is 0.121. The fraction of sp³-hybridized carbons (Fsp3) is 0.200. The predicted molar refractivity (Wildman–Crippen MR) is 132 cm³/mol. The summed E-state index contributed by atoms with van der Waals surface area (Å²) in [6.07, 6.45) is 1.61. The lowest BCUT2D eigenvalue weighted by atomic mass is 10.1. The average Bonchev–Trinajstić information content (AvgIpc) is 3.42. The molecule has 0 aliphatic carbocycles. The van der Waals surface area contributed by atoms with Crippen molar-refractivity contribution in [3.05, 3.63) is 83.3 Å². The molecule has 174 valence electrons. The van der Waals surface area contributed by atoms with Gasteiger partial charge in [-0.3, -0.25) is 9.59 Å². The minimum atomic E-state index is -0.252. The van der Waals surface area contributed by atoms with Gasteiger partial charge in [-0.05, 0) is 37.6 Å². The second kappa shape index (κ2) is 10.4. The van der Waals surface area contributed by atoms with Crippen LogP contribution in [0, 0.1) is 13.8 Å². The Bertz CT molecular complexity index is 1310. The molecule has 0 fully saturated rings. The molecule has 2 amide bonds. The number of nitrogens with zero attached hydrogens (tertiary/aromatic N) is 3. The topological polar surface area (TPSA) is 102 Å². The molecule has 0 radical (unpaired) electrons. The van der Waals surface area contributed by atoms with Crippen LogP contribution < -0.4 is 10.6 Å². The lowest BCUT2D eigenvalue weighted by molar-refractivity contribution is -0.113. The summed E-state index contributed by atoms with van der Waals surface area (Å²) in [4.78, 5) is 25.4. The quantitative estimate of drug-likeness (QED) is 0.367. The number of carbonyl (C=O) groups is 2. The Kier molecular flexibility index (Phi) is 7.12. The van der Waals surface area contributed by atoms with Gasteiger partial charge in [0.05, 0.1) is 28.8 Å². The zero-order valence-corrected chi connectivity index (χ0v) is 20.0. The summed E-state index contributed by atoms with van der Waals surface area (Å²) in [5, 5.41) is 14.8. The SMILES string of the molecule is Cc1ccc(CNC(=O)c2ccccc2NC(=O)CSc2nnc(-c3ccoc3C)n2C)cc1. The standard InChI is InChI=1S/C25H25N5O3S/c1-16-8-10-18(11-9-16)14-26-24(32)20-6-4-5-7-21(20)27-22(31)15-34-25-29-28-23(30(25)3)19-12-13-33-17(19)2/h4-13H,14-15H2,1-3H3,(H,26,32)(H,27,31). The highest BCUT2D eigenvalue weighted by atomic mass is 32.2. The molecule has 0 aliphatic rings. The van der Waals surface area contributed by atoms with Crippen LogP contribution in [-0.2, 0) is 18.4 Å². The van der Waals surface area contributed by atoms with Crippen molar-refractivity contribution in [3.8, 4) is 11.4 Å². The van der Waals surface area contributed by atoms with E-state index in [1.807, 2.05) is 55.8 Å². The fourth-order valence-electron chi connectivity index (χ4n) is 3.38. The van der Waals surface area contributed by atoms with E-state index in [-0.39, 0.29) is 17.6 Å². The number of rotatable bonds is 8. The molecule has 4 aromatic rings. The number of aromatic nitrogens is 3. The van der Waals surface area contributed by atoms with Crippen LogP contribution in [0.5, 0.6) is 0 Å². The molecule has 2 N–H and O–H groups in total. The Morgan fingerprint density at radius 1 is 1.03 bits per heavy atom. The summed E-state index contributed by atoms with van der Waals surface area (Å²) in [6.45, 7) is 4.28. The van der Waals surface area contributed by atoms with Crippen LogP contribution >= 0.6 is 11.8 Å². The lowest BCUT2D eigenvalue weighted by Crippen LogP contribution is -2.25. The molecule has 0 atom stereocenters. The molecule has 0 saturated heterocycles. The van der Waals surface area contributed by atoms with Crippen LogP contribution in [0.1, 0.15) is 27.2 Å². The van der Waals surface area contributed by atoms with E-state index in [0.29, 0.717) is 28.8 Å². The number of benzene rings is 2. The van der Waals surface area contributed by atoms with Gasteiger partial charge in [0.1, 0.15) is 5.76 Å². The maximum atomic E-state index is 12.8. The molecule has 0 unspecified atom stereocenters. The summed E-state index contributed by atoms with van der Waals surface area (Å²) in [7, 11) is 1.84. The van der Waals surface area contributed by atoms with Crippen LogP contribution in [-0.4, -0.2) is 32.3 Å². The third-order valence-corrected chi connectivity index (χ3v) is 6.31. The molecule has 8 nitrogen and oxygen atoms in total. The molecule has 0 spiro atoms. The van der Waals surface area contributed by atoms with Crippen molar-refractivity contribution in [1.29, 1.82) is 0 Å². The summed E-state index contributed by atoms with van der Waals surface area (Å²) in [5.41, 5.74) is 3.89.